The van der Waals surface area contributed by atoms with Crippen LogP contribution in [0.15, 0.2) is 30.3 Å². The molecular formula is C22H32N2O2. The topological polar surface area (TPSA) is 41.6 Å². The summed E-state index contributed by atoms with van der Waals surface area (Å²) in [5, 5.41) is 3.63. The van der Waals surface area contributed by atoms with Crippen LogP contribution < -0.4 is 5.32 Å². The lowest BCUT2D eigenvalue weighted by atomic mass is 9.85. The van der Waals surface area contributed by atoms with Crippen LogP contribution in [-0.4, -0.2) is 48.7 Å². The Morgan fingerprint density at radius 2 is 1.85 bits per heavy atom. The van der Waals surface area contributed by atoms with Crippen molar-refractivity contribution in [3.63, 3.8) is 0 Å². The Morgan fingerprint density at radius 1 is 1.08 bits per heavy atom. The minimum Gasteiger partial charge on any atom is -0.378 e. The Bertz CT molecular complexity index is 569. The van der Waals surface area contributed by atoms with Crippen LogP contribution in [0, 0.1) is 5.92 Å². The number of carbonyl (C=O) groups excluding carboxylic acids is 1. The van der Waals surface area contributed by atoms with Crippen LogP contribution in [0.4, 0.5) is 0 Å². The number of amides is 1. The van der Waals surface area contributed by atoms with E-state index >= 15 is 0 Å². The van der Waals surface area contributed by atoms with Gasteiger partial charge in [-0.15, -0.1) is 0 Å². The van der Waals surface area contributed by atoms with E-state index in [2.05, 4.69) is 34.5 Å². The van der Waals surface area contributed by atoms with E-state index in [0.717, 1.165) is 51.3 Å². The Hall–Kier alpha value is -1.39. The molecule has 2 saturated heterocycles. The van der Waals surface area contributed by atoms with Gasteiger partial charge in [-0.3, -0.25) is 4.79 Å². The van der Waals surface area contributed by atoms with Crippen molar-refractivity contribution in [2.24, 2.45) is 5.92 Å². The minimum atomic E-state index is 0.0682. The molecule has 0 radical (unpaired) electrons. The number of piperidine rings is 1. The van der Waals surface area contributed by atoms with Crippen molar-refractivity contribution in [3.05, 3.63) is 35.9 Å². The number of carbonyl (C=O) groups is 1. The van der Waals surface area contributed by atoms with E-state index < -0.39 is 0 Å². The highest BCUT2D eigenvalue weighted by atomic mass is 16.5. The van der Waals surface area contributed by atoms with Crippen LogP contribution in [-0.2, 0) is 16.0 Å². The van der Waals surface area contributed by atoms with Crippen LogP contribution >= 0.6 is 0 Å². The lowest BCUT2D eigenvalue weighted by Gasteiger charge is -2.33. The SMILES string of the molecule is O=C(C1CC2CCCCC2N1)N1CCC(OCCc2ccccc2)CC1. The second-order valence-electron chi connectivity index (χ2n) is 8.24. The van der Waals surface area contributed by atoms with Crippen LogP contribution in [0.5, 0.6) is 0 Å². The zero-order chi connectivity index (χ0) is 17.8. The molecule has 1 N–H and O–H groups in total. The molecule has 0 spiro atoms. The van der Waals surface area contributed by atoms with Gasteiger partial charge in [0, 0.05) is 19.1 Å². The number of likely N-dealkylation sites (tertiary alicyclic amines) is 1. The highest BCUT2D eigenvalue weighted by Crippen LogP contribution is 2.34. The molecule has 3 fully saturated rings. The lowest BCUT2D eigenvalue weighted by Crippen LogP contribution is -2.49. The predicted octanol–water partition coefficient (Wildman–Crippen LogP) is 3.16. The predicted molar refractivity (Wildman–Crippen MR) is 103 cm³/mol. The summed E-state index contributed by atoms with van der Waals surface area (Å²) in [6.45, 7) is 2.47. The first-order valence-electron chi connectivity index (χ1n) is 10.5. The maximum atomic E-state index is 12.9. The van der Waals surface area contributed by atoms with Crippen molar-refractivity contribution in [1.82, 2.24) is 10.2 Å². The first kappa shape index (κ1) is 18.0. The van der Waals surface area contributed by atoms with Gasteiger partial charge in [0.15, 0.2) is 0 Å². The Balaban J connectivity index is 1.18. The van der Waals surface area contributed by atoms with Gasteiger partial charge in [-0.25, -0.2) is 0 Å². The molecule has 142 valence electrons. The van der Waals surface area contributed by atoms with Crippen LogP contribution in [0.25, 0.3) is 0 Å². The maximum Gasteiger partial charge on any atom is 0.239 e. The van der Waals surface area contributed by atoms with Gasteiger partial charge < -0.3 is 15.0 Å². The fourth-order valence-corrected chi connectivity index (χ4v) is 4.96. The second-order valence-corrected chi connectivity index (χ2v) is 8.24. The number of nitrogens with zero attached hydrogens (tertiary/aromatic N) is 1. The fraction of sp³-hybridized carbons (Fsp3) is 0.682. The molecular weight excluding hydrogens is 324 g/mol. The van der Waals surface area contributed by atoms with Crippen molar-refractivity contribution < 1.29 is 9.53 Å². The van der Waals surface area contributed by atoms with E-state index in [1.54, 1.807) is 0 Å². The van der Waals surface area contributed by atoms with Crippen LogP contribution in [0.2, 0.25) is 0 Å². The lowest BCUT2D eigenvalue weighted by molar-refractivity contribution is -0.135. The maximum absolute atomic E-state index is 12.9. The number of rotatable bonds is 5. The summed E-state index contributed by atoms with van der Waals surface area (Å²) >= 11 is 0. The van der Waals surface area contributed by atoms with E-state index in [0.29, 0.717) is 18.1 Å². The Kier molecular flexibility index (Phi) is 5.91. The van der Waals surface area contributed by atoms with Crippen molar-refractivity contribution in [2.45, 2.75) is 69.6 Å². The molecule has 26 heavy (non-hydrogen) atoms. The van der Waals surface area contributed by atoms with E-state index in [9.17, 15) is 4.79 Å². The van der Waals surface area contributed by atoms with Gasteiger partial charge in [0.25, 0.3) is 0 Å². The molecule has 0 bridgehead atoms. The Morgan fingerprint density at radius 3 is 2.62 bits per heavy atom. The zero-order valence-electron chi connectivity index (χ0n) is 15.7. The molecule has 4 rings (SSSR count). The van der Waals surface area contributed by atoms with Crippen molar-refractivity contribution in [3.8, 4) is 0 Å². The number of hydrogen-bond acceptors (Lipinski definition) is 3. The van der Waals surface area contributed by atoms with Gasteiger partial charge in [0.2, 0.25) is 5.91 Å². The molecule has 1 amide bonds. The van der Waals surface area contributed by atoms with Gasteiger partial charge >= 0.3 is 0 Å². The highest BCUT2D eigenvalue weighted by molar-refractivity contribution is 5.82. The number of fused-ring (bicyclic) bond motifs is 1. The fourth-order valence-electron chi connectivity index (χ4n) is 4.96. The summed E-state index contributed by atoms with van der Waals surface area (Å²) in [5.74, 6) is 1.07. The number of ether oxygens (including phenoxy) is 1. The summed E-state index contributed by atoms with van der Waals surface area (Å²) < 4.78 is 6.06. The molecule has 2 heterocycles. The first-order valence-corrected chi connectivity index (χ1v) is 10.5. The molecule has 0 aromatic heterocycles. The summed E-state index contributed by atoms with van der Waals surface area (Å²) in [7, 11) is 0. The van der Waals surface area contributed by atoms with Gasteiger partial charge in [0.1, 0.15) is 0 Å². The molecule has 3 aliphatic rings. The van der Waals surface area contributed by atoms with Crippen molar-refractivity contribution in [1.29, 1.82) is 0 Å². The van der Waals surface area contributed by atoms with Crippen molar-refractivity contribution >= 4 is 5.91 Å². The molecule has 1 aliphatic carbocycles. The monoisotopic (exact) mass is 356 g/mol. The molecule has 3 atom stereocenters. The van der Waals surface area contributed by atoms with E-state index in [-0.39, 0.29) is 6.04 Å². The summed E-state index contributed by atoms with van der Waals surface area (Å²) in [4.78, 5) is 14.9. The molecule has 4 heteroatoms. The quantitative estimate of drug-likeness (QED) is 0.881. The molecule has 3 unspecified atom stereocenters. The molecule has 2 aliphatic heterocycles. The summed E-state index contributed by atoms with van der Waals surface area (Å²) in [6.07, 6.45) is 9.49. The first-order chi connectivity index (χ1) is 12.8. The summed E-state index contributed by atoms with van der Waals surface area (Å²) in [6, 6.07) is 11.2. The van der Waals surface area contributed by atoms with Gasteiger partial charge in [-0.05, 0) is 50.0 Å². The second kappa shape index (κ2) is 8.53. The molecule has 1 aromatic rings. The van der Waals surface area contributed by atoms with Gasteiger partial charge in [0.05, 0.1) is 18.8 Å². The van der Waals surface area contributed by atoms with E-state index in [1.807, 2.05) is 6.07 Å². The average Bonchev–Trinajstić information content (AvgIpc) is 3.13. The number of hydrogen-bond donors (Lipinski definition) is 1. The van der Waals surface area contributed by atoms with Gasteiger partial charge in [-0.1, -0.05) is 43.2 Å². The molecule has 1 saturated carbocycles. The third kappa shape index (κ3) is 4.29. The molecule has 1 aromatic carbocycles. The number of nitrogens with one attached hydrogen (secondary N) is 1. The smallest absolute Gasteiger partial charge is 0.239 e. The Labute approximate surface area is 157 Å². The van der Waals surface area contributed by atoms with Crippen LogP contribution in [0.1, 0.15) is 50.5 Å². The summed E-state index contributed by atoms with van der Waals surface area (Å²) in [5.41, 5.74) is 1.33. The van der Waals surface area contributed by atoms with E-state index in [1.165, 1.54) is 31.2 Å². The minimum absolute atomic E-state index is 0.0682. The van der Waals surface area contributed by atoms with Crippen LogP contribution in [0.3, 0.4) is 0 Å². The van der Waals surface area contributed by atoms with Gasteiger partial charge in [-0.2, -0.15) is 0 Å². The molecule has 4 nitrogen and oxygen atoms in total. The largest absolute Gasteiger partial charge is 0.378 e. The number of benzene rings is 1. The normalized spacial score (nSPS) is 29.5. The highest BCUT2D eigenvalue weighted by Gasteiger charge is 2.40. The van der Waals surface area contributed by atoms with E-state index in [4.69, 9.17) is 4.74 Å². The standard InChI is InChI=1S/C22H32N2O2/c25-22(21-16-18-8-4-5-9-20(18)23-21)24-13-10-19(11-14-24)26-15-12-17-6-2-1-3-7-17/h1-3,6-7,18-21,23H,4-5,8-16H2. The zero-order valence-corrected chi connectivity index (χ0v) is 15.7. The third-order valence-electron chi connectivity index (χ3n) is 6.50. The average molecular weight is 357 g/mol. The van der Waals surface area contributed by atoms with Crippen molar-refractivity contribution in [2.75, 3.05) is 19.7 Å². The third-order valence-corrected chi connectivity index (χ3v) is 6.50.